The van der Waals surface area contributed by atoms with Gasteiger partial charge in [0.1, 0.15) is 5.54 Å². The third kappa shape index (κ3) is 4.43. The van der Waals surface area contributed by atoms with E-state index in [9.17, 15) is 19.2 Å². The highest BCUT2D eigenvalue weighted by atomic mass is 16.2. The summed E-state index contributed by atoms with van der Waals surface area (Å²) in [5.74, 6) is -1.00. The molecule has 5 amide bonds. The molecule has 3 aromatic rings. The lowest BCUT2D eigenvalue weighted by Crippen LogP contribution is -2.61. The van der Waals surface area contributed by atoms with Gasteiger partial charge in [0.25, 0.3) is 11.8 Å². The zero-order chi connectivity index (χ0) is 25.3. The van der Waals surface area contributed by atoms with Crippen LogP contribution in [-0.2, 0) is 22.7 Å². The first kappa shape index (κ1) is 23.2. The first-order valence-corrected chi connectivity index (χ1v) is 11.7. The SMILES string of the molecule is C[C@@]1(N2Cc3cc(CNC(=O)Nc4ccc(-c5ccncc5)cc4)ccc3C2=O)CCC(=O)NC1=O. The van der Waals surface area contributed by atoms with Crippen LogP contribution in [0, 0.1) is 0 Å². The molecule has 0 unspecified atom stereocenters. The number of piperidine rings is 1. The lowest BCUT2D eigenvalue weighted by atomic mass is 9.89. The smallest absolute Gasteiger partial charge is 0.319 e. The fourth-order valence-corrected chi connectivity index (χ4v) is 4.58. The number of nitrogens with one attached hydrogen (secondary N) is 3. The van der Waals surface area contributed by atoms with Crippen LogP contribution in [0.5, 0.6) is 0 Å². The van der Waals surface area contributed by atoms with Crippen LogP contribution in [0.4, 0.5) is 10.5 Å². The van der Waals surface area contributed by atoms with Crippen molar-refractivity contribution in [1.82, 2.24) is 20.5 Å². The van der Waals surface area contributed by atoms with Crippen molar-refractivity contribution in [2.45, 2.75) is 38.4 Å². The summed E-state index contributed by atoms with van der Waals surface area (Å²) in [7, 11) is 0. The molecule has 1 fully saturated rings. The van der Waals surface area contributed by atoms with Crippen molar-refractivity contribution >= 4 is 29.4 Å². The number of imide groups is 1. The molecule has 1 saturated heterocycles. The molecule has 3 heterocycles. The summed E-state index contributed by atoms with van der Waals surface area (Å²) in [5, 5.41) is 7.99. The lowest BCUT2D eigenvalue weighted by Gasteiger charge is -2.39. The molecule has 5 rings (SSSR count). The van der Waals surface area contributed by atoms with Gasteiger partial charge in [0.2, 0.25) is 5.91 Å². The van der Waals surface area contributed by atoms with Gasteiger partial charge in [-0.05, 0) is 65.9 Å². The summed E-state index contributed by atoms with van der Waals surface area (Å²) in [6.45, 7) is 2.24. The van der Waals surface area contributed by atoms with Gasteiger partial charge in [-0.1, -0.05) is 24.3 Å². The number of aromatic nitrogens is 1. The Morgan fingerprint density at radius 3 is 2.47 bits per heavy atom. The lowest BCUT2D eigenvalue weighted by molar-refractivity contribution is -0.142. The molecule has 9 heteroatoms. The molecule has 0 radical (unpaired) electrons. The van der Waals surface area contributed by atoms with Gasteiger partial charge in [-0.2, -0.15) is 0 Å². The number of hydrogen-bond donors (Lipinski definition) is 3. The summed E-state index contributed by atoms with van der Waals surface area (Å²) in [5.41, 5.74) is 3.81. The van der Waals surface area contributed by atoms with Crippen LogP contribution < -0.4 is 16.0 Å². The van der Waals surface area contributed by atoms with Crippen LogP contribution in [0.2, 0.25) is 0 Å². The van der Waals surface area contributed by atoms with E-state index in [0.29, 0.717) is 11.3 Å². The van der Waals surface area contributed by atoms with Gasteiger partial charge in [-0.25, -0.2) is 4.79 Å². The molecule has 1 aromatic heterocycles. The van der Waals surface area contributed by atoms with Crippen molar-refractivity contribution in [2.24, 2.45) is 0 Å². The molecule has 0 bridgehead atoms. The zero-order valence-corrected chi connectivity index (χ0v) is 19.7. The molecule has 0 aliphatic carbocycles. The van der Waals surface area contributed by atoms with Crippen LogP contribution in [-0.4, -0.2) is 39.2 Å². The van der Waals surface area contributed by atoms with E-state index in [1.807, 2.05) is 42.5 Å². The van der Waals surface area contributed by atoms with Gasteiger partial charge in [0, 0.05) is 43.2 Å². The topological polar surface area (TPSA) is 120 Å². The molecule has 0 spiro atoms. The minimum Gasteiger partial charge on any atom is -0.334 e. The average molecular weight is 484 g/mol. The van der Waals surface area contributed by atoms with Gasteiger partial charge >= 0.3 is 6.03 Å². The van der Waals surface area contributed by atoms with Crippen molar-refractivity contribution in [3.05, 3.63) is 83.7 Å². The monoisotopic (exact) mass is 483 g/mol. The quantitative estimate of drug-likeness (QED) is 0.481. The molecule has 0 saturated carbocycles. The normalized spacial score (nSPS) is 19.0. The number of nitrogens with zero attached hydrogens (tertiary/aromatic N) is 2. The minimum absolute atomic E-state index is 0.194. The Morgan fingerprint density at radius 1 is 1.03 bits per heavy atom. The van der Waals surface area contributed by atoms with Crippen molar-refractivity contribution in [3.63, 3.8) is 0 Å². The maximum absolute atomic E-state index is 13.0. The van der Waals surface area contributed by atoms with Crippen LogP contribution in [0.25, 0.3) is 11.1 Å². The van der Waals surface area contributed by atoms with Crippen molar-refractivity contribution in [1.29, 1.82) is 0 Å². The van der Waals surface area contributed by atoms with Gasteiger partial charge in [0.05, 0.1) is 0 Å². The number of pyridine rings is 1. The highest BCUT2D eigenvalue weighted by molar-refractivity contribution is 6.07. The number of anilines is 1. The predicted octanol–water partition coefficient (Wildman–Crippen LogP) is 3.22. The fourth-order valence-electron chi connectivity index (χ4n) is 4.58. The fraction of sp³-hybridized carbons (Fsp3) is 0.222. The number of benzene rings is 2. The van der Waals surface area contributed by atoms with Crippen molar-refractivity contribution in [2.75, 3.05) is 5.32 Å². The summed E-state index contributed by atoms with van der Waals surface area (Å²) in [4.78, 5) is 55.0. The number of hydrogen-bond acceptors (Lipinski definition) is 5. The first-order chi connectivity index (χ1) is 17.3. The highest BCUT2D eigenvalue weighted by Gasteiger charge is 2.48. The number of carbonyl (C=O) groups is 4. The molecule has 2 aliphatic rings. The summed E-state index contributed by atoms with van der Waals surface area (Å²) in [6, 6.07) is 16.4. The van der Waals surface area contributed by atoms with Crippen LogP contribution in [0.15, 0.2) is 67.0 Å². The summed E-state index contributed by atoms with van der Waals surface area (Å²) in [6.07, 6.45) is 3.95. The molecule has 2 aliphatic heterocycles. The highest BCUT2D eigenvalue weighted by Crippen LogP contribution is 2.34. The molecule has 36 heavy (non-hydrogen) atoms. The van der Waals surface area contributed by atoms with Crippen molar-refractivity contribution < 1.29 is 19.2 Å². The van der Waals surface area contributed by atoms with Crippen molar-refractivity contribution in [3.8, 4) is 11.1 Å². The summed E-state index contributed by atoms with van der Waals surface area (Å²) < 4.78 is 0. The standard InChI is InChI=1S/C27H25N5O4/c1-27(11-8-23(33)31-25(27)35)32-16-20-14-17(2-7-22(20)24(32)34)15-29-26(36)30-21-5-3-18(4-6-21)19-9-12-28-13-10-19/h2-7,9-10,12-14H,8,11,15-16H2,1H3,(H2,29,30,36)(H,31,33,35)/t27-/m1/s1. The molecule has 182 valence electrons. The Labute approximate surface area is 207 Å². The molecular formula is C27H25N5O4. The third-order valence-corrected chi connectivity index (χ3v) is 6.76. The number of amides is 5. The number of rotatable bonds is 5. The number of urea groups is 1. The largest absolute Gasteiger partial charge is 0.334 e. The van der Waals surface area contributed by atoms with E-state index in [4.69, 9.17) is 0 Å². The van der Waals surface area contributed by atoms with Gasteiger partial charge in [-0.15, -0.1) is 0 Å². The van der Waals surface area contributed by atoms with E-state index in [0.717, 1.165) is 22.3 Å². The summed E-state index contributed by atoms with van der Waals surface area (Å²) >= 11 is 0. The van der Waals surface area contributed by atoms with E-state index >= 15 is 0 Å². The Balaban J connectivity index is 1.19. The maximum Gasteiger partial charge on any atom is 0.319 e. The van der Waals surface area contributed by atoms with Gasteiger partial charge < -0.3 is 15.5 Å². The predicted molar refractivity (Wildman–Crippen MR) is 133 cm³/mol. The van der Waals surface area contributed by atoms with E-state index in [-0.39, 0.29) is 43.8 Å². The van der Waals surface area contributed by atoms with Gasteiger partial charge in [-0.3, -0.25) is 24.7 Å². The van der Waals surface area contributed by atoms with E-state index in [1.165, 1.54) is 4.90 Å². The van der Waals surface area contributed by atoms with Crippen LogP contribution in [0.3, 0.4) is 0 Å². The van der Waals surface area contributed by atoms with E-state index < -0.39 is 11.4 Å². The van der Waals surface area contributed by atoms with Crippen LogP contribution >= 0.6 is 0 Å². The Morgan fingerprint density at radius 2 is 1.75 bits per heavy atom. The molecule has 1 atom stereocenters. The second-order valence-electron chi connectivity index (χ2n) is 9.15. The minimum atomic E-state index is -1.07. The second-order valence-corrected chi connectivity index (χ2v) is 9.15. The molecule has 2 aromatic carbocycles. The van der Waals surface area contributed by atoms with Gasteiger partial charge in [0.15, 0.2) is 0 Å². The Kier molecular flexibility index (Phi) is 5.97. The van der Waals surface area contributed by atoms with Crippen LogP contribution in [0.1, 0.15) is 41.3 Å². The number of fused-ring (bicyclic) bond motifs is 1. The third-order valence-electron chi connectivity index (χ3n) is 6.76. The second kappa shape index (κ2) is 9.26. The van der Waals surface area contributed by atoms with E-state index in [1.54, 1.807) is 31.5 Å². The first-order valence-electron chi connectivity index (χ1n) is 11.7. The Bertz CT molecular complexity index is 1360. The zero-order valence-electron chi connectivity index (χ0n) is 19.7. The molecule has 9 nitrogen and oxygen atoms in total. The average Bonchev–Trinajstić information content (AvgIpc) is 3.22. The maximum atomic E-state index is 13.0. The van der Waals surface area contributed by atoms with E-state index in [2.05, 4.69) is 20.9 Å². The Hall–Kier alpha value is -4.53. The number of carbonyl (C=O) groups excluding carboxylic acids is 4. The molecule has 3 N–H and O–H groups in total. The molecular weight excluding hydrogens is 458 g/mol.